The molecule has 7 heteroatoms. The van der Waals surface area contributed by atoms with Gasteiger partial charge < -0.3 is 4.74 Å². The Labute approximate surface area is 153 Å². The number of methoxy groups -OCH3 is 1. The molecule has 1 unspecified atom stereocenters. The van der Waals surface area contributed by atoms with Crippen LogP contribution in [0.3, 0.4) is 0 Å². The highest BCUT2D eigenvalue weighted by molar-refractivity contribution is 9.10. The van der Waals surface area contributed by atoms with Crippen molar-refractivity contribution in [2.24, 2.45) is 0 Å². The number of nitrogens with one attached hydrogen (secondary N) is 2. The lowest BCUT2D eigenvalue weighted by atomic mass is 10.2. The highest BCUT2D eigenvalue weighted by Crippen LogP contribution is 2.25. The van der Waals surface area contributed by atoms with E-state index in [1.807, 2.05) is 24.3 Å². The molecule has 0 aliphatic heterocycles. The molecule has 5 nitrogen and oxygen atoms in total. The van der Waals surface area contributed by atoms with Gasteiger partial charge in [-0.2, -0.15) is 0 Å². The van der Waals surface area contributed by atoms with Gasteiger partial charge in [-0.25, -0.2) is 0 Å². The number of amides is 2. The summed E-state index contributed by atoms with van der Waals surface area (Å²) < 4.78 is 5.98. The second-order valence-electron chi connectivity index (χ2n) is 4.89. The van der Waals surface area contributed by atoms with Crippen LogP contribution in [0.4, 0.5) is 0 Å². The average molecular weight is 409 g/mol. The topological polar surface area (TPSA) is 67.4 Å². The van der Waals surface area contributed by atoms with Gasteiger partial charge in [-0.15, -0.1) is 11.8 Å². The first kappa shape index (κ1) is 18.4. The molecule has 0 aromatic heterocycles. The number of hydrazine groups is 1. The summed E-state index contributed by atoms with van der Waals surface area (Å²) in [6, 6.07) is 14.3. The van der Waals surface area contributed by atoms with Crippen molar-refractivity contribution >= 4 is 39.5 Å². The van der Waals surface area contributed by atoms with Crippen LogP contribution in [0, 0.1) is 0 Å². The number of carbonyl (C=O) groups excluding carboxylic acids is 2. The predicted octanol–water partition coefficient (Wildman–Crippen LogP) is 3.40. The molecule has 0 saturated heterocycles. The van der Waals surface area contributed by atoms with E-state index in [-0.39, 0.29) is 17.1 Å². The molecule has 0 spiro atoms. The van der Waals surface area contributed by atoms with Crippen molar-refractivity contribution in [3.63, 3.8) is 0 Å². The summed E-state index contributed by atoms with van der Waals surface area (Å²) in [5.41, 5.74) is 5.33. The van der Waals surface area contributed by atoms with Gasteiger partial charge in [0, 0.05) is 14.9 Å². The Bertz CT molecular complexity index is 705. The minimum Gasteiger partial charge on any atom is -0.497 e. The molecule has 2 amide bonds. The second kappa shape index (κ2) is 8.75. The molecular weight excluding hydrogens is 392 g/mol. The maximum absolute atomic E-state index is 12.1. The van der Waals surface area contributed by atoms with Gasteiger partial charge in [0.1, 0.15) is 5.75 Å². The van der Waals surface area contributed by atoms with Gasteiger partial charge in [-0.1, -0.05) is 15.9 Å². The Morgan fingerprint density at radius 3 is 2.25 bits per heavy atom. The van der Waals surface area contributed by atoms with Gasteiger partial charge in [0.25, 0.3) is 11.8 Å². The van der Waals surface area contributed by atoms with Crippen molar-refractivity contribution in [3.8, 4) is 5.75 Å². The fraction of sp³-hybridized carbons (Fsp3) is 0.176. The molecule has 2 N–H and O–H groups in total. The first-order valence-corrected chi connectivity index (χ1v) is 8.83. The highest BCUT2D eigenvalue weighted by Gasteiger charge is 2.15. The van der Waals surface area contributed by atoms with Gasteiger partial charge in [0.05, 0.1) is 12.4 Å². The van der Waals surface area contributed by atoms with E-state index >= 15 is 0 Å². The Morgan fingerprint density at radius 2 is 1.67 bits per heavy atom. The maximum Gasteiger partial charge on any atom is 0.269 e. The van der Waals surface area contributed by atoms with E-state index in [1.54, 1.807) is 38.3 Å². The predicted molar refractivity (Wildman–Crippen MR) is 98.1 cm³/mol. The molecule has 2 aromatic carbocycles. The zero-order valence-corrected chi connectivity index (χ0v) is 15.6. The first-order valence-electron chi connectivity index (χ1n) is 7.16. The number of rotatable bonds is 5. The molecule has 0 fully saturated rings. The van der Waals surface area contributed by atoms with Crippen LogP contribution in [0.5, 0.6) is 5.75 Å². The summed E-state index contributed by atoms with van der Waals surface area (Å²) in [7, 11) is 1.60. The summed E-state index contributed by atoms with van der Waals surface area (Å²) >= 11 is 4.70. The van der Waals surface area contributed by atoms with E-state index in [9.17, 15) is 9.59 Å². The number of benzene rings is 2. The quantitative estimate of drug-likeness (QED) is 0.587. The number of thioether (sulfide) groups is 1. The molecule has 126 valence electrons. The highest BCUT2D eigenvalue weighted by atomic mass is 79.9. The van der Waals surface area contributed by atoms with E-state index in [0.717, 1.165) is 15.1 Å². The van der Waals surface area contributed by atoms with E-state index < -0.39 is 0 Å². The lowest BCUT2D eigenvalue weighted by molar-refractivity contribution is -0.121. The summed E-state index contributed by atoms with van der Waals surface area (Å²) in [5.74, 6) is 0.122. The minimum atomic E-state index is -0.363. The molecule has 0 aliphatic rings. The summed E-state index contributed by atoms with van der Waals surface area (Å²) in [6.45, 7) is 1.77. The largest absolute Gasteiger partial charge is 0.497 e. The van der Waals surface area contributed by atoms with Crippen LogP contribution in [0.2, 0.25) is 0 Å². The van der Waals surface area contributed by atoms with Gasteiger partial charge in [0.2, 0.25) is 0 Å². The summed E-state index contributed by atoms with van der Waals surface area (Å²) in [6.07, 6.45) is 0. The van der Waals surface area contributed by atoms with Crippen LogP contribution in [0.1, 0.15) is 17.3 Å². The van der Waals surface area contributed by atoms with E-state index in [1.165, 1.54) is 11.8 Å². The van der Waals surface area contributed by atoms with Gasteiger partial charge in [-0.3, -0.25) is 20.4 Å². The molecule has 2 aromatic rings. The number of carbonyl (C=O) groups is 2. The van der Waals surface area contributed by atoms with E-state index in [2.05, 4.69) is 26.8 Å². The molecule has 0 aliphatic carbocycles. The zero-order chi connectivity index (χ0) is 17.5. The molecule has 1 atom stereocenters. The fourth-order valence-electron chi connectivity index (χ4n) is 1.81. The van der Waals surface area contributed by atoms with Crippen molar-refractivity contribution in [2.45, 2.75) is 17.1 Å². The van der Waals surface area contributed by atoms with E-state index in [0.29, 0.717) is 5.56 Å². The van der Waals surface area contributed by atoms with Crippen molar-refractivity contribution in [1.82, 2.24) is 10.9 Å². The Hall–Kier alpha value is -1.99. The fourth-order valence-corrected chi connectivity index (χ4v) is 2.94. The van der Waals surface area contributed by atoms with E-state index in [4.69, 9.17) is 4.74 Å². The van der Waals surface area contributed by atoms with Crippen molar-refractivity contribution < 1.29 is 14.3 Å². The monoisotopic (exact) mass is 408 g/mol. The SMILES string of the molecule is COc1ccc(SC(C)C(=O)NNC(=O)c2ccc(Br)cc2)cc1. The lowest BCUT2D eigenvalue weighted by Crippen LogP contribution is -2.44. The van der Waals surface area contributed by atoms with Crippen LogP contribution in [0.25, 0.3) is 0 Å². The molecule has 0 radical (unpaired) electrons. The Morgan fingerprint density at radius 1 is 1.04 bits per heavy atom. The summed E-state index contributed by atoms with van der Waals surface area (Å²) in [4.78, 5) is 25.0. The standard InChI is InChI=1S/C17H17BrN2O3S/c1-11(24-15-9-7-14(23-2)8-10-15)16(21)19-20-17(22)12-3-5-13(18)6-4-12/h3-11H,1-2H3,(H,19,21)(H,20,22). The zero-order valence-electron chi connectivity index (χ0n) is 13.2. The number of hydrogen-bond acceptors (Lipinski definition) is 4. The number of halogens is 1. The lowest BCUT2D eigenvalue weighted by Gasteiger charge is -2.13. The molecular formula is C17H17BrN2O3S. The number of ether oxygens (including phenoxy) is 1. The van der Waals surface area contributed by atoms with Crippen LogP contribution in [-0.2, 0) is 4.79 Å². The molecule has 0 heterocycles. The maximum atomic E-state index is 12.1. The van der Waals surface area contributed by atoms with Gasteiger partial charge in [0.15, 0.2) is 0 Å². The second-order valence-corrected chi connectivity index (χ2v) is 7.22. The third-order valence-corrected chi connectivity index (χ3v) is 4.79. The smallest absolute Gasteiger partial charge is 0.269 e. The third-order valence-electron chi connectivity index (χ3n) is 3.15. The molecule has 0 saturated carbocycles. The van der Waals surface area contributed by atoms with Gasteiger partial charge >= 0.3 is 0 Å². The Kier molecular flexibility index (Phi) is 6.69. The summed E-state index contributed by atoms with van der Waals surface area (Å²) in [5, 5.41) is -0.358. The molecule has 2 rings (SSSR count). The van der Waals surface area contributed by atoms with Crippen LogP contribution >= 0.6 is 27.7 Å². The normalized spacial score (nSPS) is 11.5. The van der Waals surface area contributed by atoms with Crippen molar-refractivity contribution in [2.75, 3.05) is 7.11 Å². The third kappa shape index (κ3) is 5.28. The van der Waals surface area contributed by atoms with Crippen LogP contribution < -0.4 is 15.6 Å². The van der Waals surface area contributed by atoms with Crippen molar-refractivity contribution in [3.05, 3.63) is 58.6 Å². The van der Waals surface area contributed by atoms with Crippen LogP contribution in [-0.4, -0.2) is 24.2 Å². The minimum absolute atomic E-state index is 0.277. The molecule has 24 heavy (non-hydrogen) atoms. The van der Waals surface area contributed by atoms with Crippen molar-refractivity contribution in [1.29, 1.82) is 0 Å². The van der Waals surface area contributed by atoms with Crippen LogP contribution in [0.15, 0.2) is 57.9 Å². The number of hydrogen-bond donors (Lipinski definition) is 2. The first-order chi connectivity index (χ1) is 11.5. The van der Waals surface area contributed by atoms with Gasteiger partial charge in [-0.05, 0) is 55.5 Å². The average Bonchev–Trinajstić information content (AvgIpc) is 2.60. The Balaban J connectivity index is 1.84. The molecule has 0 bridgehead atoms.